The lowest BCUT2D eigenvalue weighted by Crippen LogP contribution is -2.09. The Labute approximate surface area is 89.2 Å². The van der Waals surface area contributed by atoms with Crippen LogP contribution in [0.1, 0.15) is 42.2 Å². The van der Waals surface area contributed by atoms with Crippen LogP contribution in [0.3, 0.4) is 0 Å². The molecule has 2 N–H and O–H groups in total. The van der Waals surface area contributed by atoms with Gasteiger partial charge in [0.2, 0.25) is 0 Å². The van der Waals surface area contributed by atoms with Crippen LogP contribution >= 0.6 is 0 Å². The molecule has 84 valence electrons. The van der Waals surface area contributed by atoms with Crippen molar-refractivity contribution in [3.63, 3.8) is 0 Å². The molecule has 1 aromatic heterocycles. The molecule has 0 atom stereocenters. The van der Waals surface area contributed by atoms with Crippen LogP contribution in [0.25, 0.3) is 0 Å². The summed E-state index contributed by atoms with van der Waals surface area (Å²) >= 11 is 0. The van der Waals surface area contributed by atoms with E-state index in [1.807, 2.05) is 18.4 Å². The van der Waals surface area contributed by atoms with E-state index in [0.29, 0.717) is 18.5 Å². The number of aliphatic hydroxyl groups is 1. The molecule has 15 heavy (non-hydrogen) atoms. The molecule has 0 fully saturated rings. The van der Waals surface area contributed by atoms with Crippen molar-refractivity contribution in [1.82, 2.24) is 4.57 Å². The van der Waals surface area contributed by atoms with Crippen molar-refractivity contribution in [1.29, 1.82) is 0 Å². The molecule has 0 spiro atoms. The largest absolute Gasteiger partial charge is 0.478 e. The SMILES string of the molecule is CC(C)c1c(C(=O)O)ccn1CCCO. The van der Waals surface area contributed by atoms with Crippen LogP contribution in [0.2, 0.25) is 0 Å². The quantitative estimate of drug-likeness (QED) is 0.779. The van der Waals surface area contributed by atoms with Gasteiger partial charge in [0.15, 0.2) is 0 Å². The number of carbonyl (C=O) groups is 1. The van der Waals surface area contributed by atoms with E-state index < -0.39 is 5.97 Å². The number of carboxylic acids is 1. The smallest absolute Gasteiger partial charge is 0.337 e. The van der Waals surface area contributed by atoms with E-state index in [4.69, 9.17) is 10.2 Å². The Morgan fingerprint density at radius 1 is 1.53 bits per heavy atom. The van der Waals surface area contributed by atoms with Gasteiger partial charge in [-0.25, -0.2) is 4.79 Å². The van der Waals surface area contributed by atoms with Crippen molar-refractivity contribution in [2.45, 2.75) is 32.7 Å². The Morgan fingerprint density at radius 3 is 2.67 bits per heavy atom. The van der Waals surface area contributed by atoms with Crippen molar-refractivity contribution in [3.05, 3.63) is 23.5 Å². The molecule has 0 amide bonds. The minimum Gasteiger partial charge on any atom is -0.478 e. The van der Waals surface area contributed by atoms with E-state index in [-0.39, 0.29) is 12.5 Å². The summed E-state index contributed by atoms with van der Waals surface area (Å²) in [4.78, 5) is 11.0. The number of hydrogen-bond acceptors (Lipinski definition) is 2. The zero-order valence-corrected chi connectivity index (χ0v) is 9.10. The van der Waals surface area contributed by atoms with E-state index >= 15 is 0 Å². The van der Waals surface area contributed by atoms with E-state index in [9.17, 15) is 4.79 Å². The average molecular weight is 211 g/mol. The summed E-state index contributed by atoms with van der Waals surface area (Å²) in [6, 6.07) is 1.62. The summed E-state index contributed by atoms with van der Waals surface area (Å²) in [5, 5.41) is 17.7. The van der Waals surface area contributed by atoms with Crippen molar-refractivity contribution in [3.8, 4) is 0 Å². The molecule has 0 aliphatic rings. The number of aryl methyl sites for hydroxylation is 1. The second-order valence-electron chi connectivity index (χ2n) is 3.85. The number of hydrogen-bond donors (Lipinski definition) is 2. The minimum atomic E-state index is -0.888. The fourth-order valence-electron chi connectivity index (χ4n) is 1.74. The van der Waals surface area contributed by atoms with Gasteiger partial charge in [-0.1, -0.05) is 13.8 Å². The molecule has 1 heterocycles. The Bertz CT molecular complexity index is 342. The molecule has 0 aliphatic heterocycles. The van der Waals surface area contributed by atoms with Gasteiger partial charge >= 0.3 is 5.97 Å². The molecule has 0 saturated carbocycles. The Balaban J connectivity index is 3.01. The standard InChI is InChI=1S/C11H17NO3/c1-8(2)10-9(11(14)15)4-6-12(10)5-3-7-13/h4,6,8,13H,3,5,7H2,1-2H3,(H,14,15). The molecule has 0 saturated heterocycles. The van der Waals surface area contributed by atoms with Gasteiger partial charge in [-0.05, 0) is 18.4 Å². The topological polar surface area (TPSA) is 62.5 Å². The predicted molar refractivity (Wildman–Crippen MR) is 57.2 cm³/mol. The maximum absolute atomic E-state index is 11.0. The summed E-state index contributed by atoms with van der Waals surface area (Å²) in [5.74, 6) is -0.716. The van der Waals surface area contributed by atoms with Gasteiger partial charge in [-0.3, -0.25) is 0 Å². The summed E-state index contributed by atoms with van der Waals surface area (Å²) in [7, 11) is 0. The second kappa shape index (κ2) is 4.98. The lowest BCUT2D eigenvalue weighted by molar-refractivity contribution is 0.0695. The Kier molecular flexibility index (Phi) is 3.91. The maximum Gasteiger partial charge on any atom is 0.337 e. The van der Waals surface area contributed by atoms with E-state index in [2.05, 4.69) is 0 Å². The normalized spacial score (nSPS) is 10.9. The first kappa shape index (κ1) is 11.8. The van der Waals surface area contributed by atoms with Crippen LogP contribution in [-0.4, -0.2) is 27.4 Å². The lowest BCUT2D eigenvalue weighted by atomic mass is 10.1. The highest BCUT2D eigenvalue weighted by molar-refractivity contribution is 5.89. The van der Waals surface area contributed by atoms with Crippen molar-refractivity contribution in [2.24, 2.45) is 0 Å². The van der Waals surface area contributed by atoms with Crippen LogP contribution in [0, 0.1) is 0 Å². The number of carboxylic acid groups (broad SMARTS) is 1. The zero-order chi connectivity index (χ0) is 11.4. The highest BCUT2D eigenvalue weighted by atomic mass is 16.4. The molecule has 1 aromatic rings. The molecular formula is C11H17NO3. The molecule has 1 rings (SSSR count). The summed E-state index contributed by atoms with van der Waals surface area (Å²) in [6.45, 7) is 4.73. The molecule has 0 aromatic carbocycles. The monoisotopic (exact) mass is 211 g/mol. The highest BCUT2D eigenvalue weighted by Gasteiger charge is 2.17. The molecule has 0 unspecified atom stereocenters. The summed E-state index contributed by atoms with van der Waals surface area (Å²) in [6.07, 6.45) is 2.42. The van der Waals surface area contributed by atoms with Crippen LogP contribution in [0.15, 0.2) is 12.3 Å². The number of aromatic nitrogens is 1. The highest BCUT2D eigenvalue weighted by Crippen LogP contribution is 2.21. The minimum absolute atomic E-state index is 0.123. The molecule has 0 aliphatic carbocycles. The Morgan fingerprint density at radius 2 is 2.20 bits per heavy atom. The van der Waals surface area contributed by atoms with Crippen LogP contribution in [-0.2, 0) is 6.54 Å². The first-order valence-electron chi connectivity index (χ1n) is 5.11. The molecular weight excluding hydrogens is 194 g/mol. The third-order valence-corrected chi connectivity index (χ3v) is 2.34. The fourth-order valence-corrected chi connectivity index (χ4v) is 1.74. The van der Waals surface area contributed by atoms with Gasteiger partial charge in [0.05, 0.1) is 5.56 Å². The summed E-state index contributed by atoms with van der Waals surface area (Å²) in [5.41, 5.74) is 1.19. The van der Waals surface area contributed by atoms with Gasteiger partial charge < -0.3 is 14.8 Å². The lowest BCUT2D eigenvalue weighted by Gasteiger charge is -2.12. The third kappa shape index (κ3) is 2.59. The first-order chi connectivity index (χ1) is 7.07. The second-order valence-corrected chi connectivity index (χ2v) is 3.85. The van der Waals surface area contributed by atoms with E-state index in [1.54, 1.807) is 12.3 Å². The van der Waals surface area contributed by atoms with Gasteiger partial charge in [0.25, 0.3) is 0 Å². The van der Waals surface area contributed by atoms with Crippen LogP contribution < -0.4 is 0 Å². The maximum atomic E-state index is 11.0. The number of aromatic carboxylic acids is 1. The zero-order valence-electron chi connectivity index (χ0n) is 9.10. The van der Waals surface area contributed by atoms with Gasteiger partial charge in [0, 0.05) is 25.0 Å². The van der Waals surface area contributed by atoms with Gasteiger partial charge in [-0.15, -0.1) is 0 Å². The van der Waals surface area contributed by atoms with Gasteiger partial charge in [0.1, 0.15) is 0 Å². The van der Waals surface area contributed by atoms with Crippen LogP contribution in [0.5, 0.6) is 0 Å². The molecule has 0 bridgehead atoms. The third-order valence-electron chi connectivity index (χ3n) is 2.34. The number of rotatable bonds is 5. The van der Waals surface area contributed by atoms with Gasteiger partial charge in [-0.2, -0.15) is 0 Å². The molecule has 4 nitrogen and oxygen atoms in total. The van der Waals surface area contributed by atoms with E-state index in [1.165, 1.54) is 0 Å². The molecule has 0 radical (unpaired) electrons. The first-order valence-corrected chi connectivity index (χ1v) is 5.11. The average Bonchev–Trinajstić information content (AvgIpc) is 2.58. The molecule has 4 heteroatoms. The van der Waals surface area contributed by atoms with Crippen molar-refractivity contribution >= 4 is 5.97 Å². The van der Waals surface area contributed by atoms with Crippen LogP contribution in [0.4, 0.5) is 0 Å². The Hall–Kier alpha value is -1.29. The fraction of sp³-hybridized carbons (Fsp3) is 0.545. The van der Waals surface area contributed by atoms with Crippen molar-refractivity contribution in [2.75, 3.05) is 6.61 Å². The van der Waals surface area contributed by atoms with Crippen molar-refractivity contribution < 1.29 is 15.0 Å². The predicted octanol–water partition coefficient (Wildman–Crippen LogP) is 1.69. The number of aliphatic hydroxyl groups excluding tert-OH is 1. The number of nitrogens with zero attached hydrogens (tertiary/aromatic N) is 1. The van der Waals surface area contributed by atoms with E-state index in [0.717, 1.165) is 5.69 Å². The summed E-state index contributed by atoms with van der Waals surface area (Å²) < 4.78 is 1.91.